The number of anilines is 1. The lowest BCUT2D eigenvalue weighted by atomic mass is 10.1. The van der Waals surface area contributed by atoms with Gasteiger partial charge in [-0.2, -0.15) is 0 Å². The van der Waals surface area contributed by atoms with Crippen molar-refractivity contribution >= 4 is 27.5 Å². The molecule has 2 amide bonds. The molecule has 0 atom stereocenters. The van der Waals surface area contributed by atoms with Crippen molar-refractivity contribution in [1.29, 1.82) is 0 Å². The van der Waals surface area contributed by atoms with Crippen molar-refractivity contribution in [2.75, 3.05) is 18.4 Å². The third-order valence-electron chi connectivity index (χ3n) is 3.67. The van der Waals surface area contributed by atoms with E-state index in [4.69, 9.17) is 4.74 Å². The first kappa shape index (κ1) is 22.2. The molecule has 0 heterocycles. The predicted octanol–water partition coefficient (Wildman–Crippen LogP) is 2.14. The Morgan fingerprint density at radius 3 is 2.28 bits per heavy atom. The van der Waals surface area contributed by atoms with Gasteiger partial charge in [-0.1, -0.05) is 6.07 Å². The number of rotatable bonds is 7. The van der Waals surface area contributed by atoms with E-state index in [2.05, 4.69) is 15.4 Å². The molecule has 0 fully saturated rings. The molecule has 3 N–H and O–H groups in total. The van der Waals surface area contributed by atoms with Gasteiger partial charge in [-0.05, 0) is 63.2 Å². The standard InChI is InChI=1S/C20H25N3O5S/c1-20(2,3)22-18(24)13-21-19(25)14-6-5-7-17(12-14)29(26,27)23-15-8-10-16(28-4)11-9-15/h5-12,23H,13H2,1-4H3,(H,21,25)(H,22,24). The van der Waals surface area contributed by atoms with Gasteiger partial charge in [0.05, 0.1) is 18.6 Å². The summed E-state index contributed by atoms with van der Waals surface area (Å²) in [7, 11) is -2.38. The molecule has 0 saturated heterocycles. The normalized spacial score (nSPS) is 11.4. The predicted molar refractivity (Wildman–Crippen MR) is 110 cm³/mol. The lowest BCUT2D eigenvalue weighted by Crippen LogP contribution is -2.45. The number of benzene rings is 2. The van der Waals surface area contributed by atoms with Crippen LogP contribution in [0.4, 0.5) is 5.69 Å². The van der Waals surface area contributed by atoms with E-state index in [0.29, 0.717) is 11.4 Å². The summed E-state index contributed by atoms with van der Waals surface area (Å²) in [6, 6.07) is 12.0. The van der Waals surface area contributed by atoms with Crippen LogP contribution in [0.15, 0.2) is 53.4 Å². The maximum absolute atomic E-state index is 12.6. The van der Waals surface area contributed by atoms with Crippen molar-refractivity contribution < 1.29 is 22.7 Å². The second-order valence-corrected chi connectivity index (χ2v) is 9.03. The van der Waals surface area contributed by atoms with Gasteiger partial charge in [0.1, 0.15) is 5.75 Å². The average molecular weight is 420 g/mol. The third-order valence-corrected chi connectivity index (χ3v) is 5.05. The van der Waals surface area contributed by atoms with Gasteiger partial charge in [-0.15, -0.1) is 0 Å². The van der Waals surface area contributed by atoms with E-state index in [1.54, 1.807) is 24.3 Å². The van der Waals surface area contributed by atoms with Gasteiger partial charge >= 0.3 is 0 Å². The number of carbonyl (C=O) groups excluding carboxylic acids is 2. The molecule has 156 valence electrons. The van der Waals surface area contributed by atoms with Crippen molar-refractivity contribution in [3.8, 4) is 5.75 Å². The van der Waals surface area contributed by atoms with Crippen LogP contribution in [-0.4, -0.2) is 39.4 Å². The van der Waals surface area contributed by atoms with Gasteiger partial charge in [-0.25, -0.2) is 8.42 Å². The number of nitrogens with one attached hydrogen (secondary N) is 3. The summed E-state index contributed by atoms with van der Waals surface area (Å²) in [4.78, 5) is 24.1. The minimum absolute atomic E-state index is 0.0693. The van der Waals surface area contributed by atoms with E-state index in [-0.39, 0.29) is 22.9 Å². The minimum Gasteiger partial charge on any atom is -0.497 e. The van der Waals surface area contributed by atoms with E-state index in [1.807, 2.05) is 20.8 Å². The molecule has 0 saturated carbocycles. The quantitative estimate of drug-likeness (QED) is 0.636. The first-order valence-corrected chi connectivity index (χ1v) is 10.3. The van der Waals surface area contributed by atoms with Gasteiger partial charge in [0.15, 0.2) is 0 Å². The topological polar surface area (TPSA) is 114 Å². The Morgan fingerprint density at radius 1 is 1.03 bits per heavy atom. The average Bonchev–Trinajstić information content (AvgIpc) is 2.65. The Morgan fingerprint density at radius 2 is 1.69 bits per heavy atom. The van der Waals surface area contributed by atoms with Gasteiger partial charge in [-0.3, -0.25) is 14.3 Å². The lowest BCUT2D eigenvalue weighted by molar-refractivity contribution is -0.121. The molecule has 0 spiro atoms. The third kappa shape index (κ3) is 6.79. The van der Waals surface area contributed by atoms with Crippen LogP contribution in [0.5, 0.6) is 5.75 Å². The molecular formula is C20H25N3O5S. The summed E-state index contributed by atoms with van der Waals surface area (Å²) < 4.78 is 32.7. The van der Waals surface area contributed by atoms with Crippen LogP contribution in [0.1, 0.15) is 31.1 Å². The van der Waals surface area contributed by atoms with E-state index in [1.165, 1.54) is 31.4 Å². The fourth-order valence-electron chi connectivity index (χ4n) is 2.40. The Hall–Kier alpha value is -3.07. The van der Waals surface area contributed by atoms with Crippen LogP contribution in [0, 0.1) is 0 Å². The second-order valence-electron chi connectivity index (χ2n) is 7.34. The van der Waals surface area contributed by atoms with Crippen LogP contribution in [0.3, 0.4) is 0 Å². The molecule has 0 unspecified atom stereocenters. The van der Waals surface area contributed by atoms with Crippen LogP contribution >= 0.6 is 0 Å². The first-order chi connectivity index (χ1) is 13.5. The zero-order valence-corrected chi connectivity index (χ0v) is 17.6. The summed E-state index contributed by atoms with van der Waals surface area (Å²) in [5.74, 6) is -0.284. The Kier molecular flexibility index (Phi) is 6.86. The summed E-state index contributed by atoms with van der Waals surface area (Å²) in [6.45, 7) is 5.28. The fraction of sp³-hybridized carbons (Fsp3) is 0.300. The summed E-state index contributed by atoms with van der Waals surface area (Å²) in [6.07, 6.45) is 0. The fourth-order valence-corrected chi connectivity index (χ4v) is 3.51. The summed E-state index contributed by atoms with van der Waals surface area (Å²) >= 11 is 0. The van der Waals surface area contributed by atoms with Gasteiger partial charge in [0.25, 0.3) is 15.9 Å². The molecular weight excluding hydrogens is 394 g/mol. The van der Waals surface area contributed by atoms with Gasteiger partial charge in [0, 0.05) is 16.8 Å². The smallest absolute Gasteiger partial charge is 0.261 e. The minimum atomic E-state index is -3.89. The van der Waals surface area contributed by atoms with Gasteiger partial charge in [0.2, 0.25) is 5.91 Å². The van der Waals surface area contributed by atoms with E-state index >= 15 is 0 Å². The molecule has 29 heavy (non-hydrogen) atoms. The van der Waals surface area contributed by atoms with Crippen molar-refractivity contribution in [2.45, 2.75) is 31.2 Å². The lowest BCUT2D eigenvalue weighted by Gasteiger charge is -2.20. The highest BCUT2D eigenvalue weighted by atomic mass is 32.2. The van der Waals surface area contributed by atoms with Crippen LogP contribution < -0.4 is 20.1 Å². The maximum atomic E-state index is 12.6. The highest BCUT2D eigenvalue weighted by molar-refractivity contribution is 7.92. The monoisotopic (exact) mass is 419 g/mol. The molecule has 2 aromatic carbocycles. The van der Waals surface area contributed by atoms with Crippen LogP contribution in [0.2, 0.25) is 0 Å². The zero-order valence-electron chi connectivity index (χ0n) is 16.8. The second kappa shape index (κ2) is 8.95. The Balaban J connectivity index is 2.08. The number of amides is 2. The maximum Gasteiger partial charge on any atom is 0.261 e. The number of carbonyl (C=O) groups is 2. The molecule has 8 nitrogen and oxygen atoms in total. The molecule has 0 aliphatic carbocycles. The zero-order chi connectivity index (χ0) is 21.7. The van der Waals surface area contributed by atoms with E-state index in [0.717, 1.165) is 0 Å². The summed E-state index contributed by atoms with van der Waals surface area (Å²) in [5, 5.41) is 5.21. The Bertz CT molecular complexity index is 980. The van der Waals surface area contributed by atoms with Crippen molar-refractivity contribution in [3.05, 3.63) is 54.1 Å². The number of ether oxygens (including phenoxy) is 1. The van der Waals surface area contributed by atoms with Crippen LogP contribution in [0.25, 0.3) is 0 Å². The first-order valence-electron chi connectivity index (χ1n) is 8.86. The highest BCUT2D eigenvalue weighted by Crippen LogP contribution is 2.20. The van der Waals surface area contributed by atoms with Crippen molar-refractivity contribution in [2.24, 2.45) is 0 Å². The molecule has 9 heteroatoms. The van der Waals surface area contributed by atoms with E-state index < -0.39 is 21.5 Å². The Labute approximate surface area is 170 Å². The SMILES string of the molecule is COc1ccc(NS(=O)(=O)c2cccc(C(=O)NCC(=O)NC(C)(C)C)c2)cc1. The number of methoxy groups -OCH3 is 1. The number of hydrogen-bond donors (Lipinski definition) is 3. The number of sulfonamides is 1. The van der Waals surface area contributed by atoms with E-state index in [9.17, 15) is 18.0 Å². The van der Waals surface area contributed by atoms with Gasteiger partial charge < -0.3 is 15.4 Å². The molecule has 0 aliphatic rings. The molecule has 0 aliphatic heterocycles. The number of hydrogen-bond acceptors (Lipinski definition) is 5. The van der Waals surface area contributed by atoms with Crippen molar-refractivity contribution in [3.63, 3.8) is 0 Å². The summed E-state index contributed by atoms with van der Waals surface area (Å²) in [5.41, 5.74) is 0.0776. The highest BCUT2D eigenvalue weighted by Gasteiger charge is 2.18. The largest absolute Gasteiger partial charge is 0.497 e. The molecule has 2 rings (SSSR count). The molecule has 0 aromatic heterocycles. The van der Waals surface area contributed by atoms with Crippen LogP contribution in [-0.2, 0) is 14.8 Å². The molecule has 0 radical (unpaired) electrons. The van der Waals surface area contributed by atoms with Crippen molar-refractivity contribution in [1.82, 2.24) is 10.6 Å². The molecule has 0 bridgehead atoms. The molecule has 2 aromatic rings.